The van der Waals surface area contributed by atoms with E-state index >= 15 is 0 Å². The maximum atomic E-state index is 13.9. The average Bonchev–Trinajstić information content (AvgIpc) is 3.14. The summed E-state index contributed by atoms with van der Waals surface area (Å²) in [5.41, 5.74) is -3.33. The van der Waals surface area contributed by atoms with Crippen LogP contribution in [0.3, 0.4) is 0 Å². The molecule has 3 aromatic rings. The highest BCUT2D eigenvalue weighted by molar-refractivity contribution is 6.07. The molecule has 1 fully saturated rings. The van der Waals surface area contributed by atoms with E-state index in [2.05, 4.69) is 4.98 Å². The minimum Gasteiger partial charge on any atom is -0.469 e. The van der Waals surface area contributed by atoms with Crippen LogP contribution < -0.4 is 0 Å². The second kappa shape index (κ2) is 8.38. The van der Waals surface area contributed by atoms with Gasteiger partial charge in [-0.2, -0.15) is 15.8 Å². The van der Waals surface area contributed by atoms with Crippen LogP contribution in [0.15, 0.2) is 85.2 Å². The molecule has 1 saturated heterocycles. The number of carbonyl (C=O) groups is 1. The molecular formula is C26H17N5O2. The summed E-state index contributed by atoms with van der Waals surface area (Å²) in [4.78, 5) is 17.9. The minimum absolute atomic E-state index is 0.295. The van der Waals surface area contributed by atoms with Gasteiger partial charge in [-0.05, 0) is 11.6 Å². The Kier molecular flexibility index (Phi) is 5.44. The quantitative estimate of drug-likeness (QED) is 0.597. The molecule has 1 aromatic heterocycles. The molecule has 0 spiro atoms. The van der Waals surface area contributed by atoms with Crippen molar-refractivity contribution in [3.63, 3.8) is 0 Å². The fourth-order valence-electron chi connectivity index (χ4n) is 4.43. The summed E-state index contributed by atoms with van der Waals surface area (Å²) in [6.07, 6.45) is 1.67. The first kappa shape index (κ1) is 21.4. The van der Waals surface area contributed by atoms with E-state index in [1.165, 1.54) is 12.4 Å². The van der Waals surface area contributed by atoms with Crippen molar-refractivity contribution in [3.05, 3.63) is 102 Å². The maximum Gasteiger partial charge on any atom is 0.212 e. The van der Waals surface area contributed by atoms with Crippen LogP contribution in [0.4, 0.5) is 0 Å². The third-order valence-electron chi connectivity index (χ3n) is 6.01. The van der Waals surface area contributed by atoms with Gasteiger partial charge < -0.3 is 4.74 Å². The molecule has 7 nitrogen and oxygen atoms in total. The van der Waals surface area contributed by atoms with Crippen LogP contribution in [0, 0.1) is 50.2 Å². The summed E-state index contributed by atoms with van der Waals surface area (Å²) in [7, 11) is 0. The third kappa shape index (κ3) is 3.05. The Balaban J connectivity index is 2.03. The Hall–Kier alpha value is -4.80. The van der Waals surface area contributed by atoms with Gasteiger partial charge in [0.25, 0.3) is 0 Å². The van der Waals surface area contributed by atoms with E-state index in [1.54, 1.807) is 72.8 Å². The smallest absolute Gasteiger partial charge is 0.212 e. The number of Topliss-reactive ketones (excluding diaryl/α,β-unsaturated/α-hetero) is 1. The topological polar surface area (TPSA) is 134 Å². The van der Waals surface area contributed by atoms with E-state index in [-0.39, 0.29) is 0 Å². The van der Waals surface area contributed by atoms with Crippen molar-refractivity contribution in [2.45, 2.75) is 12.0 Å². The number of nitrogens with one attached hydrogen (secondary N) is 1. The minimum atomic E-state index is -2.20. The number of aromatic nitrogens is 1. The number of ether oxygens (including phenoxy) is 1. The molecule has 1 aliphatic rings. The summed E-state index contributed by atoms with van der Waals surface area (Å²) in [5, 5.41) is 39.9. The Morgan fingerprint density at radius 1 is 0.939 bits per heavy atom. The van der Waals surface area contributed by atoms with Crippen LogP contribution in [-0.4, -0.2) is 16.7 Å². The first-order valence-electron chi connectivity index (χ1n) is 10.1. The molecule has 0 aliphatic carbocycles. The van der Waals surface area contributed by atoms with Crippen LogP contribution in [0.5, 0.6) is 0 Å². The van der Waals surface area contributed by atoms with Gasteiger partial charge in [-0.25, -0.2) is 0 Å². The van der Waals surface area contributed by atoms with Crippen LogP contribution in [0.1, 0.15) is 33.5 Å². The first-order chi connectivity index (χ1) is 16.1. The number of nitriles is 3. The Labute approximate surface area is 190 Å². The van der Waals surface area contributed by atoms with Gasteiger partial charge in [0.15, 0.2) is 17.3 Å². The van der Waals surface area contributed by atoms with Gasteiger partial charge in [0.1, 0.15) is 0 Å². The number of rotatable bonds is 5. The molecule has 0 saturated carbocycles. The second-order valence-electron chi connectivity index (χ2n) is 7.64. The Morgan fingerprint density at radius 3 is 2.12 bits per heavy atom. The van der Waals surface area contributed by atoms with Gasteiger partial charge in [-0.15, -0.1) is 0 Å². The van der Waals surface area contributed by atoms with Crippen molar-refractivity contribution in [2.75, 3.05) is 0 Å². The second-order valence-corrected chi connectivity index (χ2v) is 7.64. The van der Waals surface area contributed by atoms with Gasteiger partial charge in [-0.3, -0.25) is 15.2 Å². The summed E-state index contributed by atoms with van der Waals surface area (Å²) in [5.74, 6) is -2.42. The van der Waals surface area contributed by atoms with Crippen LogP contribution >= 0.6 is 0 Å². The van der Waals surface area contributed by atoms with Gasteiger partial charge in [0, 0.05) is 23.5 Å². The number of hydrogen-bond acceptors (Lipinski definition) is 7. The molecule has 1 aliphatic heterocycles. The SMILES string of the molecule is N#CC1(C#N)C(c2cccnc2)OC(=N)C1(C#N)C(C(=O)c1ccccc1)c1ccccc1. The van der Waals surface area contributed by atoms with Gasteiger partial charge >= 0.3 is 0 Å². The number of nitrogens with zero attached hydrogens (tertiary/aromatic N) is 4. The van der Waals surface area contributed by atoms with Crippen molar-refractivity contribution >= 4 is 11.7 Å². The standard InChI is InChI=1S/C26H17N5O2/c27-15-25(16-28)23(20-12-7-13-31-14-20)33-24(30)26(25,17-29)21(18-8-3-1-4-9-18)22(32)19-10-5-2-6-11-19/h1-14,21,23,30H. The molecular weight excluding hydrogens is 414 g/mol. The molecule has 158 valence electrons. The predicted octanol–water partition coefficient (Wildman–Crippen LogP) is 4.34. The lowest BCUT2D eigenvalue weighted by Crippen LogP contribution is -2.48. The van der Waals surface area contributed by atoms with Crippen molar-refractivity contribution in [3.8, 4) is 18.2 Å². The zero-order valence-electron chi connectivity index (χ0n) is 17.3. The van der Waals surface area contributed by atoms with Crippen molar-refractivity contribution in [1.82, 2.24) is 4.98 Å². The van der Waals surface area contributed by atoms with E-state index < -0.39 is 34.5 Å². The van der Waals surface area contributed by atoms with E-state index in [0.717, 1.165) is 0 Å². The molecule has 2 heterocycles. The normalized spacial score (nSPS) is 21.6. The Bertz CT molecular complexity index is 1310. The zero-order chi connectivity index (χ0) is 23.5. The molecule has 33 heavy (non-hydrogen) atoms. The molecule has 1 N–H and O–H groups in total. The first-order valence-corrected chi connectivity index (χ1v) is 10.1. The summed E-state index contributed by atoms with van der Waals surface area (Å²) in [6, 6.07) is 26.0. The van der Waals surface area contributed by atoms with E-state index in [1.807, 2.05) is 18.2 Å². The summed E-state index contributed by atoms with van der Waals surface area (Å²) in [6.45, 7) is 0. The number of carbonyl (C=O) groups excluding carboxylic acids is 1. The lowest BCUT2D eigenvalue weighted by Gasteiger charge is -2.35. The molecule has 7 heteroatoms. The van der Waals surface area contributed by atoms with Gasteiger partial charge in [0.2, 0.25) is 11.3 Å². The highest BCUT2D eigenvalue weighted by atomic mass is 16.5. The molecule has 3 atom stereocenters. The van der Waals surface area contributed by atoms with Crippen molar-refractivity contribution in [2.24, 2.45) is 10.8 Å². The molecule has 0 radical (unpaired) electrons. The van der Waals surface area contributed by atoms with Crippen LogP contribution in [-0.2, 0) is 4.74 Å². The number of hydrogen-bond donors (Lipinski definition) is 1. The van der Waals surface area contributed by atoms with Gasteiger partial charge in [-0.1, -0.05) is 66.7 Å². The van der Waals surface area contributed by atoms with Crippen LogP contribution in [0.2, 0.25) is 0 Å². The third-order valence-corrected chi connectivity index (χ3v) is 6.01. The molecule has 2 aromatic carbocycles. The number of benzene rings is 2. The van der Waals surface area contributed by atoms with Crippen molar-refractivity contribution in [1.29, 1.82) is 21.2 Å². The maximum absolute atomic E-state index is 13.9. The molecule has 3 unspecified atom stereocenters. The predicted molar refractivity (Wildman–Crippen MR) is 117 cm³/mol. The number of pyridine rings is 1. The highest BCUT2D eigenvalue weighted by Crippen LogP contribution is 2.62. The van der Waals surface area contributed by atoms with E-state index in [0.29, 0.717) is 16.7 Å². The molecule has 0 bridgehead atoms. The average molecular weight is 431 g/mol. The molecule has 4 rings (SSSR count). The summed E-state index contributed by atoms with van der Waals surface area (Å²) >= 11 is 0. The lowest BCUT2D eigenvalue weighted by molar-refractivity contribution is 0.0873. The summed E-state index contributed by atoms with van der Waals surface area (Å²) < 4.78 is 5.76. The monoisotopic (exact) mass is 431 g/mol. The van der Waals surface area contributed by atoms with E-state index in [9.17, 15) is 20.6 Å². The number of ketones is 1. The lowest BCUT2D eigenvalue weighted by atomic mass is 9.55. The Morgan fingerprint density at radius 2 is 1.58 bits per heavy atom. The zero-order valence-corrected chi connectivity index (χ0v) is 17.3. The fourth-order valence-corrected chi connectivity index (χ4v) is 4.43. The van der Waals surface area contributed by atoms with Gasteiger partial charge in [0.05, 0.1) is 24.1 Å². The van der Waals surface area contributed by atoms with Crippen LogP contribution in [0.25, 0.3) is 0 Å². The largest absolute Gasteiger partial charge is 0.469 e. The fraction of sp³-hybridized carbons (Fsp3) is 0.154. The highest BCUT2D eigenvalue weighted by Gasteiger charge is 2.73. The van der Waals surface area contributed by atoms with E-state index in [4.69, 9.17) is 10.1 Å². The molecule has 0 amide bonds. The van der Waals surface area contributed by atoms with Crippen molar-refractivity contribution < 1.29 is 9.53 Å².